The number of carbonyl (C=O) groups excluding carboxylic acids is 1. The number of anilines is 2. The third-order valence-electron chi connectivity index (χ3n) is 3.99. The molecule has 0 saturated heterocycles. The van der Waals surface area contributed by atoms with E-state index in [1.165, 1.54) is 14.2 Å². The standard InChI is InChI=1S/C18H21N5O5S/c1-27-15-3-4-16(17(12-15)28-2)21-18(24)19-8-10-29(25,26)22-13-6-9-23-14(11-13)5-7-20-23/h3-7,9,11-12,22H,8,10H2,1-2H3,(H2,19,21,24). The number of nitrogens with one attached hydrogen (secondary N) is 3. The summed E-state index contributed by atoms with van der Waals surface area (Å²) in [6.07, 6.45) is 3.27. The van der Waals surface area contributed by atoms with Crippen LogP contribution in [0.15, 0.2) is 48.8 Å². The molecule has 0 aliphatic carbocycles. The van der Waals surface area contributed by atoms with Crippen molar-refractivity contribution in [1.29, 1.82) is 0 Å². The number of hydrogen-bond acceptors (Lipinski definition) is 6. The Morgan fingerprint density at radius 1 is 1.14 bits per heavy atom. The molecule has 2 aromatic heterocycles. The first kappa shape index (κ1) is 20.3. The third-order valence-corrected chi connectivity index (χ3v) is 5.27. The number of rotatable bonds is 8. The largest absolute Gasteiger partial charge is 0.497 e. The maximum absolute atomic E-state index is 12.2. The van der Waals surface area contributed by atoms with E-state index < -0.39 is 16.1 Å². The number of urea groups is 1. The first-order valence-electron chi connectivity index (χ1n) is 8.61. The summed E-state index contributed by atoms with van der Waals surface area (Å²) in [5, 5.41) is 9.17. The smallest absolute Gasteiger partial charge is 0.319 e. The van der Waals surface area contributed by atoms with E-state index in [9.17, 15) is 13.2 Å². The van der Waals surface area contributed by atoms with E-state index >= 15 is 0 Å². The van der Waals surface area contributed by atoms with Crippen LogP contribution in [0.5, 0.6) is 11.5 Å². The Morgan fingerprint density at radius 3 is 2.72 bits per heavy atom. The van der Waals surface area contributed by atoms with Gasteiger partial charge >= 0.3 is 6.03 Å². The maximum Gasteiger partial charge on any atom is 0.319 e. The Hall–Kier alpha value is -3.47. The van der Waals surface area contributed by atoms with Crippen LogP contribution in [-0.2, 0) is 10.0 Å². The number of hydrogen-bond donors (Lipinski definition) is 3. The van der Waals surface area contributed by atoms with Gasteiger partial charge in [-0.05, 0) is 30.3 Å². The predicted molar refractivity (Wildman–Crippen MR) is 109 cm³/mol. The van der Waals surface area contributed by atoms with Gasteiger partial charge in [-0.15, -0.1) is 0 Å². The lowest BCUT2D eigenvalue weighted by Gasteiger charge is -2.13. The predicted octanol–water partition coefficient (Wildman–Crippen LogP) is 1.91. The van der Waals surface area contributed by atoms with E-state index in [2.05, 4.69) is 20.5 Å². The van der Waals surface area contributed by atoms with Crippen LogP contribution in [0.2, 0.25) is 0 Å². The monoisotopic (exact) mass is 419 g/mol. The molecule has 1 aromatic carbocycles. The van der Waals surface area contributed by atoms with Crippen LogP contribution in [0.4, 0.5) is 16.2 Å². The molecule has 0 atom stereocenters. The van der Waals surface area contributed by atoms with E-state index in [1.54, 1.807) is 53.3 Å². The second kappa shape index (κ2) is 8.69. The minimum absolute atomic E-state index is 0.0748. The molecule has 3 rings (SSSR count). The molecule has 0 aliphatic rings. The van der Waals surface area contributed by atoms with Crippen LogP contribution in [-0.4, -0.2) is 50.6 Å². The molecular formula is C18H21N5O5S. The van der Waals surface area contributed by atoms with Gasteiger partial charge in [-0.3, -0.25) is 4.72 Å². The minimum atomic E-state index is -3.64. The molecular weight excluding hydrogens is 398 g/mol. The van der Waals surface area contributed by atoms with Crippen LogP contribution in [0.1, 0.15) is 0 Å². The first-order valence-corrected chi connectivity index (χ1v) is 10.3. The van der Waals surface area contributed by atoms with Gasteiger partial charge in [0.15, 0.2) is 0 Å². The summed E-state index contributed by atoms with van der Waals surface area (Å²) < 4.78 is 38.9. The summed E-state index contributed by atoms with van der Waals surface area (Å²) in [5.41, 5.74) is 1.61. The van der Waals surface area contributed by atoms with E-state index in [0.29, 0.717) is 22.9 Å². The van der Waals surface area contributed by atoms with Crippen molar-refractivity contribution in [2.75, 3.05) is 36.6 Å². The first-order chi connectivity index (χ1) is 13.9. The summed E-state index contributed by atoms with van der Waals surface area (Å²) in [4.78, 5) is 12.1. The van der Waals surface area contributed by atoms with Crippen molar-refractivity contribution >= 4 is 32.9 Å². The molecule has 29 heavy (non-hydrogen) atoms. The van der Waals surface area contributed by atoms with Crippen molar-refractivity contribution in [3.05, 3.63) is 48.8 Å². The van der Waals surface area contributed by atoms with Crippen molar-refractivity contribution < 1.29 is 22.7 Å². The fraction of sp³-hybridized carbons (Fsp3) is 0.222. The number of nitrogens with zero attached hydrogens (tertiary/aromatic N) is 2. The highest BCUT2D eigenvalue weighted by molar-refractivity contribution is 7.92. The molecule has 0 fully saturated rings. The molecule has 0 saturated carbocycles. The SMILES string of the molecule is COc1ccc(NC(=O)NCCS(=O)(=O)Nc2ccn3nccc3c2)c(OC)c1. The van der Waals surface area contributed by atoms with Gasteiger partial charge in [0, 0.05) is 25.0 Å². The highest BCUT2D eigenvalue weighted by Gasteiger charge is 2.13. The van der Waals surface area contributed by atoms with Crippen molar-refractivity contribution in [2.45, 2.75) is 0 Å². The number of sulfonamides is 1. The molecule has 11 heteroatoms. The number of ether oxygens (including phenoxy) is 2. The normalized spacial score (nSPS) is 11.1. The Morgan fingerprint density at radius 2 is 1.97 bits per heavy atom. The number of carbonyl (C=O) groups is 1. The van der Waals surface area contributed by atoms with Crippen LogP contribution < -0.4 is 24.8 Å². The van der Waals surface area contributed by atoms with Gasteiger partial charge in [0.1, 0.15) is 11.5 Å². The summed E-state index contributed by atoms with van der Waals surface area (Å²) >= 11 is 0. The summed E-state index contributed by atoms with van der Waals surface area (Å²) in [6.45, 7) is -0.0748. The second-order valence-electron chi connectivity index (χ2n) is 5.98. The second-order valence-corrected chi connectivity index (χ2v) is 7.83. The number of aromatic nitrogens is 2. The zero-order valence-electron chi connectivity index (χ0n) is 15.9. The summed E-state index contributed by atoms with van der Waals surface area (Å²) in [7, 11) is -0.646. The van der Waals surface area contributed by atoms with Gasteiger partial charge < -0.3 is 20.1 Å². The molecule has 3 aromatic rings. The topological polar surface area (TPSA) is 123 Å². The Balaban J connectivity index is 1.52. The third kappa shape index (κ3) is 5.29. The lowest BCUT2D eigenvalue weighted by Crippen LogP contribution is -2.34. The van der Waals surface area contributed by atoms with Crippen LogP contribution in [0, 0.1) is 0 Å². The van der Waals surface area contributed by atoms with E-state index in [1.807, 2.05) is 0 Å². The molecule has 0 unspecified atom stereocenters. The molecule has 2 amide bonds. The zero-order valence-corrected chi connectivity index (χ0v) is 16.7. The highest BCUT2D eigenvalue weighted by Crippen LogP contribution is 2.28. The van der Waals surface area contributed by atoms with Crippen molar-refractivity contribution in [3.8, 4) is 11.5 Å². The van der Waals surface area contributed by atoms with Crippen molar-refractivity contribution in [1.82, 2.24) is 14.9 Å². The molecule has 2 heterocycles. The van der Waals surface area contributed by atoms with Crippen LogP contribution >= 0.6 is 0 Å². The van der Waals surface area contributed by atoms with Crippen molar-refractivity contribution in [2.24, 2.45) is 0 Å². The van der Waals surface area contributed by atoms with Gasteiger partial charge in [-0.2, -0.15) is 5.10 Å². The Bertz CT molecular complexity index is 1110. The summed E-state index contributed by atoms with van der Waals surface area (Å²) in [6, 6.07) is 9.41. The molecule has 0 spiro atoms. The fourth-order valence-electron chi connectivity index (χ4n) is 2.58. The van der Waals surface area contributed by atoms with Gasteiger partial charge in [0.2, 0.25) is 10.0 Å². The zero-order chi connectivity index (χ0) is 20.9. The molecule has 10 nitrogen and oxygen atoms in total. The average molecular weight is 419 g/mol. The van der Waals surface area contributed by atoms with E-state index in [4.69, 9.17) is 9.47 Å². The maximum atomic E-state index is 12.2. The van der Waals surface area contributed by atoms with Gasteiger partial charge in [-0.25, -0.2) is 17.7 Å². The van der Waals surface area contributed by atoms with Gasteiger partial charge in [-0.1, -0.05) is 0 Å². The molecule has 0 radical (unpaired) electrons. The number of pyridine rings is 1. The quantitative estimate of drug-likeness (QED) is 0.513. The van der Waals surface area contributed by atoms with Crippen molar-refractivity contribution in [3.63, 3.8) is 0 Å². The van der Waals surface area contributed by atoms with Crippen LogP contribution in [0.3, 0.4) is 0 Å². The summed E-state index contributed by atoms with van der Waals surface area (Å²) in [5.74, 6) is 0.716. The van der Waals surface area contributed by atoms with E-state index in [-0.39, 0.29) is 12.3 Å². The van der Waals surface area contributed by atoms with E-state index in [0.717, 1.165) is 5.52 Å². The molecule has 154 valence electrons. The number of methoxy groups -OCH3 is 2. The highest BCUT2D eigenvalue weighted by atomic mass is 32.2. The number of benzene rings is 1. The average Bonchev–Trinajstić information content (AvgIpc) is 3.15. The molecule has 3 N–H and O–H groups in total. The lowest BCUT2D eigenvalue weighted by molar-refractivity contribution is 0.252. The van der Waals surface area contributed by atoms with Gasteiger partial charge in [0.05, 0.1) is 36.9 Å². The molecule has 0 bridgehead atoms. The Kier molecular flexibility index (Phi) is 6.07. The molecule has 0 aliphatic heterocycles. The van der Waals surface area contributed by atoms with Crippen LogP contribution in [0.25, 0.3) is 5.52 Å². The minimum Gasteiger partial charge on any atom is -0.497 e. The fourth-order valence-corrected chi connectivity index (χ4v) is 3.54. The number of amides is 2. The lowest BCUT2D eigenvalue weighted by atomic mass is 10.2. The Labute approximate surface area is 167 Å². The van der Waals surface area contributed by atoms with Gasteiger partial charge in [0.25, 0.3) is 0 Å². The number of fused-ring (bicyclic) bond motifs is 1.